The first-order valence-electron chi connectivity index (χ1n) is 5.42. The summed E-state index contributed by atoms with van der Waals surface area (Å²) in [6.07, 6.45) is 4.93. The van der Waals surface area contributed by atoms with E-state index < -0.39 is 0 Å². The van der Waals surface area contributed by atoms with Crippen LogP contribution in [-0.4, -0.2) is 12.7 Å². The molecule has 0 aromatic heterocycles. The first-order valence-corrected chi connectivity index (χ1v) is 6.21. The molecule has 2 nitrogen and oxygen atoms in total. The fourth-order valence-corrected chi connectivity index (χ4v) is 2.38. The van der Waals surface area contributed by atoms with Crippen molar-refractivity contribution in [1.82, 2.24) is 0 Å². The Labute approximate surface area is 98.9 Å². The Morgan fingerprint density at radius 2 is 2.27 bits per heavy atom. The lowest BCUT2D eigenvalue weighted by molar-refractivity contribution is 0.0169. The van der Waals surface area contributed by atoms with Gasteiger partial charge in [0.05, 0.1) is 6.10 Å². The van der Waals surface area contributed by atoms with E-state index in [1.165, 1.54) is 18.4 Å². The van der Waals surface area contributed by atoms with Crippen molar-refractivity contribution >= 4 is 21.6 Å². The van der Waals surface area contributed by atoms with Gasteiger partial charge >= 0.3 is 0 Å². The van der Waals surface area contributed by atoms with Crippen LogP contribution in [0.1, 0.15) is 24.8 Å². The molecule has 0 saturated carbocycles. The Balaban J connectivity index is 2.06. The fourth-order valence-electron chi connectivity index (χ4n) is 1.97. The maximum absolute atomic E-state index is 6.00. The molecule has 1 aliphatic rings. The standard InChI is InChI=1S/C12H16BrNO/c13-11-6-3-4-9(12(11)14)8-10-5-1-2-7-15-10/h3-4,6,10H,1-2,5,7-8,14H2. The highest BCUT2D eigenvalue weighted by Gasteiger charge is 2.15. The first kappa shape index (κ1) is 11.0. The van der Waals surface area contributed by atoms with Crippen molar-refractivity contribution in [3.05, 3.63) is 28.2 Å². The zero-order valence-corrected chi connectivity index (χ0v) is 10.3. The van der Waals surface area contributed by atoms with E-state index in [1.807, 2.05) is 12.1 Å². The Morgan fingerprint density at radius 1 is 1.40 bits per heavy atom. The number of nitrogen functional groups attached to an aromatic ring is 1. The summed E-state index contributed by atoms with van der Waals surface area (Å²) in [5.41, 5.74) is 8.04. The van der Waals surface area contributed by atoms with Crippen LogP contribution in [0.2, 0.25) is 0 Å². The van der Waals surface area contributed by atoms with Crippen molar-refractivity contribution in [3.63, 3.8) is 0 Å². The maximum atomic E-state index is 6.00. The third kappa shape index (κ3) is 2.73. The number of nitrogens with two attached hydrogens (primary N) is 1. The van der Waals surface area contributed by atoms with Crippen molar-refractivity contribution in [2.75, 3.05) is 12.3 Å². The van der Waals surface area contributed by atoms with Crippen LogP contribution in [0, 0.1) is 0 Å². The molecule has 1 aromatic carbocycles. The molecular formula is C12H16BrNO. The number of para-hydroxylation sites is 1. The predicted molar refractivity (Wildman–Crippen MR) is 65.8 cm³/mol. The van der Waals surface area contributed by atoms with Crippen LogP contribution in [0.5, 0.6) is 0 Å². The number of halogens is 1. The van der Waals surface area contributed by atoms with E-state index in [9.17, 15) is 0 Å². The first-order chi connectivity index (χ1) is 7.27. The summed E-state index contributed by atoms with van der Waals surface area (Å²) in [6.45, 7) is 0.901. The highest BCUT2D eigenvalue weighted by Crippen LogP contribution is 2.26. The lowest BCUT2D eigenvalue weighted by Crippen LogP contribution is -2.21. The lowest BCUT2D eigenvalue weighted by atomic mass is 10.0. The third-order valence-electron chi connectivity index (χ3n) is 2.86. The molecule has 1 aliphatic heterocycles. The highest BCUT2D eigenvalue weighted by molar-refractivity contribution is 9.10. The fraction of sp³-hybridized carbons (Fsp3) is 0.500. The van der Waals surface area contributed by atoms with Gasteiger partial charge in [-0.05, 0) is 46.8 Å². The highest BCUT2D eigenvalue weighted by atomic mass is 79.9. The van der Waals surface area contributed by atoms with Gasteiger partial charge in [0.2, 0.25) is 0 Å². The summed E-state index contributed by atoms with van der Waals surface area (Å²) in [7, 11) is 0. The largest absolute Gasteiger partial charge is 0.398 e. The molecule has 2 N–H and O–H groups in total. The van der Waals surface area contributed by atoms with E-state index in [0.29, 0.717) is 6.10 Å². The maximum Gasteiger partial charge on any atom is 0.0616 e. The summed E-state index contributed by atoms with van der Waals surface area (Å²) in [5, 5.41) is 0. The summed E-state index contributed by atoms with van der Waals surface area (Å²) in [4.78, 5) is 0. The Kier molecular flexibility index (Phi) is 3.65. The molecule has 0 aliphatic carbocycles. The van der Waals surface area contributed by atoms with E-state index in [4.69, 9.17) is 10.5 Å². The number of benzene rings is 1. The predicted octanol–water partition coefficient (Wildman–Crippen LogP) is 3.14. The van der Waals surface area contributed by atoms with E-state index in [1.54, 1.807) is 0 Å². The van der Waals surface area contributed by atoms with E-state index in [0.717, 1.165) is 29.6 Å². The molecule has 0 radical (unpaired) electrons. The molecule has 1 atom stereocenters. The van der Waals surface area contributed by atoms with E-state index in [2.05, 4.69) is 22.0 Å². The second-order valence-electron chi connectivity index (χ2n) is 4.01. The molecule has 82 valence electrons. The minimum atomic E-state index is 0.357. The van der Waals surface area contributed by atoms with Crippen LogP contribution in [0.15, 0.2) is 22.7 Å². The molecule has 0 spiro atoms. The van der Waals surface area contributed by atoms with Gasteiger partial charge in [0.25, 0.3) is 0 Å². The minimum Gasteiger partial charge on any atom is -0.398 e. The smallest absolute Gasteiger partial charge is 0.0616 e. The van der Waals surface area contributed by atoms with Crippen molar-refractivity contribution in [3.8, 4) is 0 Å². The molecular weight excluding hydrogens is 254 g/mol. The number of anilines is 1. The van der Waals surface area contributed by atoms with Gasteiger partial charge in [0.15, 0.2) is 0 Å². The molecule has 2 rings (SSSR count). The van der Waals surface area contributed by atoms with E-state index >= 15 is 0 Å². The van der Waals surface area contributed by atoms with Gasteiger partial charge in [-0.1, -0.05) is 12.1 Å². The Bertz CT molecular complexity index is 334. The van der Waals surface area contributed by atoms with Crippen LogP contribution in [0.3, 0.4) is 0 Å². The van der Waals surface area contributed by atoms with Crippen molar-refractivity contribution in [1.29, 1.82) is 0 Å². The third-order valence-corrected chi connectivity index (χ3v) is 3.56. The number of hydrogen-bond acceptors (Lipinski definition) is 2. The summed E-state index contributed by atoms with van der Waals surface area (Å²) in [5.74, 6) is 0. The molecule has 1 heterocycles. The van der Waals surface area contributed by atoms with Gasteiger partial charge in [-0.25, -0.2) is 0 Å². The van der Waals surface area contributed by atoms with Gasteiger partial charge in [-0.3, -0.25) is 0 Å². The number of ether oxygens (including phenoxy) is 1. The van der Waals surface area contributed by atoms with Crippen LogP contribution in [-0.2, 0) is 11.2 Å². The van der Waals surface area contributed by atoms with Gasteiger partial charge < -0.3 is 10.5 Å². The molecule has 1 fully saturated rings. The van der Waals surface area contributed by atoms with Crippen molar-refractivity contribution < 1.29 is 4.74 Å². The molecule has 1 saturated heterocycles. The SMILES string of the molecule is Nc1c(Br)cccc1CC1CCCCO1. The zero-order valence-electron chi connectivity index (χ0n) is 8.71. The summed E-state index contributed by atoms with van der Waals surface area (Å²) in [6, 6.07) is 6.08. The van der Waals surface area contributed by atoms with Crippen molar-refractivity contribution in [2.24, 2.45) is 0 Å². The van der Waals surface area contributed by atoms with Gasteiger partial charge in [-0.2, -0.15) is 0 Å². The van der Waals surface area contributed by atoms with Crippen LogP contribution in [0.4, 0.5) is 5.69 Å². The second-order valence-corrected chi connectivity index (χ2v) is 4.86. The van der Waals surface area contributed by atoms with Gasteiger partial charge in [0, 0.05) is 23.2 Å². The van der Waals surface area contributed by atoms with Crippen LogP contribution < -0.4 is 5.73 Å². The molecule has 0 amide bonds. The second kappa shape index (κ2) is 4.99. The summed E-state index contributed by atoms with van der Waals surface area (Å²) >= 11 is 3.45. The Hall–Kier alpha value is -0.540. The average Bonchev–Trinajstić information content (AvgIpc) is 2.26. The molecule has 0 bridgehead atoms. The topological polar surface area (TPSA) is 35.2 Å². The number of rotatable bonds is 2. The van der Waals surface area contributed by atoms with E-state index in [-0.39, 0.29) is 0 Å². The molecule has 1 unspecified atom stereocenters. The molecule has 1 aromatic rings. The Morgan fingerprint density at radius 3 is 3.00 bits per heavy atom. The van der Waals surface area contributed by atoms with Crippen molar-refractivity contribution in [2.45, 2.75) is 31.8 Å². The molecule has 15 heavy (non-hydrogen) atoms. The normalized spacial score (nSPS) is 21.5. The monoisotopic (exact) mass is 269 g/mol. The summed E-state index contributed by atoms with van der Waals surface area (Å²) < 4.78 is 6.69. The van der Waals surface area contributed by atoms with Gasteiger partial charge in [-0.15, -0.1) is 0 Å². The minimum absolute atomic E-state index is 0.357. The zero-order chi connectivity index (χ0) is 10.7. The van der Waals surface area contributed by atoms with Gasteiger partial charge in [0.1, 0.15) is 0 Å². The lowest BCUT2D eigenvalue weighted by Gasteiger charge is -2.23. The van der Waals surface area contributed by atoms with Crippen LogP contribution >= 0.6 is 15.9 Å². The average molecular weight is 270 g/mol. The molecule has 3 heteroatoms. The number of hydrogen-bond donors (Lipinski definition) is 1. The van der Waals surface area contributed by atoms with Crippen LogP contribution in [0.25, 0.3) is 0 Å². The quantitative estimate of drug-likeness (QED) is 0.838.